The molecule has 2 saturated carbocycles. The Balaban J connectivity index is 1.23. The van der Waals surface area contributed by atoms with Gasteiger partial charge in [-0.2, -0.15) is 0 Å². The second-order valence-electron chi connectivity index (χ2n) is 12.8. The van der Waals surface area contributed by atoms with Crippen molar-refractivity contribution in [2.75, 3.05) is 13.7 Å². The highest BCUT2D eigenvalue weighted by atomic mass is 16.5. The Morgan fingerprint density at radius 2 is 1.87 bits per heavy atom. The van der Waals surface area contributed by atoms with Crippen LogP contribution in [-0.4, -0.2) is 66.7 Å². The quantitative estimate of drug-likeness (QED) is 0.253. The number of pyridine rings is 1. The van der Waals surface area contributed by atoms with E-state index in [1.54, 1.807) is 13.2 Å². The molecule has 11 nitrogen and oxygen atoms in total. The Hall–Kier alpha value is -4.90. The van der Waals surface area contributed by atoms with Crippen LogP contribution in [0.1, 0.15) is 46.4 Å². The molecular weight excluding hydrogens is 570 g/mol. The summed E-state index contributed by atoms with van der Waals surface area (Å²) in [6.45, 7) is 1.49. The van der Waals surface area contributed by atoms with Crippen LogP contribution in [0.5, 0.6) is 11.5 Å². The topological polar surface area (TPSA) is 155 Å². The van der Waals surface area contributed by atoms with Gasteiger partial charge >= 0.3 is 0 Å². The number of methoxy groups -OCH3 is 1. The molecule has 2 bridgehead atoms. The first-order chi connectivity index (χ1) is 21.7. The lowest BCUT2D eigenvalue weighted by Gasteiger charge is -2.27. The largest absolute Gasteiger partial charge is 0.507 e. The van der Waals surface area contributed by atoms with Crippen LogP contribution in [0.3, 0.4) is 0 Å². The molecule has 1 aliphatic heterocycles. The van der Waals surface area contributed by atoms with Gasteiger partial charge < -0.3 is 35.3 Å². The molecule has 2 aliphatic carbocycles. The molecule has 45 heavy (non-hydrogen) atoms. The average Bonchev–Trinajstić information content (AvgIpc) is 3.44. The van der Waals surface area contributed by atoms with Crippen LogP contribution < -0.4 is 16.2 Å². The van der Waals surface area contributed by atoms with Gasteiger partial charge in [0.2, 0.25) is 0 Å². The Bertz CT molecular complexity index is 2040. The van der Waals surface area contributed by atoms with E-state index in [2.05, 4.69) is 10.6 Å². The number of aromatic hydroxyl groups is 1. The number of amides is 2. The number of likely N-dealkylation sites (tertiary alicyclic amines) is 1. The average molecular weight is 606 g/mol. The molecule has 5 N–H and O–H groups in total. The number of primary amides is 1. The lowest BCUT2D eigenvalue weighted by Crippen LogP contribution is -2.41. The van der Waals surface area contributed by atoms with Gasteiger partial charge in [0.15, 0.2) is 5.82 Å². The fourth-order valence-corrected chi connectivity index (χ4v) is 7.38. The summed E-state index contributed by atoms with van der Waals surface area (Å²) in [6.07, 6.45) is 4.35. The number of hydrogen-bond acceptors (Lipinski definition) is 7. The molecule has 4 heterocycles. The van der Waals surface area contributed by atoms with Gasteiger partial charge in [0, 0.05) is 48.7 Å². The molecule has 230 valence electrons. The van der Waals surface area contributed by atoms with Crippen LogP contribution in [-0.2, 0) is 13.6 Å². The molecule has 2 amide bonds. The van der Waals surface area contributed by atoms with Crippen molar-refractivity contribution >= 4 is 33.9 Å². The number of benzene rings is 2. The fourth-order valence-electron chi connectivity index (χ4n) is 7.38. The Morgan fingerprint density at radius 3 is 2.53 bits per heavy atom. The van der Waals surface area contributed by atoms with Gasteiger partial charge in [-0.25, -0.2) is 9.97 Å². The summed E-state index contributed by atoms with van der Waals surface area (Å²) in [5.41, 5.74) is 17.0. The van der Waals surface area contributed by atoms with Crippen LogP contribution in [0.25, 0.3) is 44.8 Å². The number of carbonyl (C=O) groups is 2. The zero-order valence-corrected chi connectivity index (χ0v) is 25.2. The van der Waals surface area contributed by atoms with E-state index in [-0.39, 0.29) is 29.3 Å². The van der Waals surface area contributed by atoms with Gasteiger partial charge in [-0.15, -0.1) is 0 Å². The van der Waals surface area contributed by atoms with E-state index in [1.807, 2.05) is 40.8 Å². The Kier molecular flexibility index (Phi) is 6.18. The number of carbonyl (C=O) groups excluding carboxylic acids is 2. The van der Waals surface area contributed by atoms with Gasteiger partial charge in [-0.05, 0) is 80.0 Å². The van der Waals surface area contributed by atoms with E-state index in [1.165, 1.54) is 12.1 Å². The summed E-state index contributed by atoms with van der Waals surface area (Å²) in [6, 6.07) is 14.6. The number of piperidine rings is 1. The molecule has 3 aromatic heterocycles. The number of aromatic nitrogens is 4. The molecule has 11 heteroatoms. The minimum absolute atomic E-state index is 0.0282. The van der Waals surface area contributed by atoms with Crippen LogP contribution >= 0.6 is 0 Å². The molecule has 2 aromatic carbocycles. The molecule has 5 aromatic rings. The minimum atomic E-state index is -0.687. The third-order valence-corrected chi connectivity index (χ3v) is 9.99. The predicted octanol–water partition coefficient (Wildman–Crippen LogP) is 4.04. The van der Waals surface area contributed by atoms with Crippen molar-refractivity contribution in [2.24, 2.45) is 30.4 Å². The second-order valence-corrected chi connectivity index (χ2v) is 12.8. The van der Waals surface area contributed by atoms with Crippen LogP contribution in [0.15, 0.2) is 48.5 Å². The van der Waals surface area contributed by atoms with E-state index in [0.717, 1.165) is 60.3 Å². The zero-order valence-electron chi connectivity index (χ0n) is 25.2. The maximum atomic E-state index is 13.7. The van der Waals surface area contributed by atoms with E-state index in [4.69, 9.17) is 26.2 Å². The predicted molar refractivity (Wildman–Crippen MR) is 170 cm³/mol. The first-order valence-corrected chi connectivity index (χ1v) is 15.5. The number of hydrogen-bond donors (Lipinski definition) is 3. The summed E-state index contributed by atoms with van der Waals surface area (Å²) in [5, 5.41) is 11.3. The zero-order chi connectivity index (χ0) is 31.1. The molecule has 3 aliphatic rings. The van der Waals surface area contributed by atoms with Crippen molar-refractivity contribution in [3.05, 3.63) is 59.7 Å². The SMILES string of the molecule is COc1cc(C(=O)N2CC3CCC2[C@@H]3N)cc2nc(-c3cc4ccc(-c5ccc(C(N)=O)c(O)c5)nc4n3CC3CC3)n(C)c12. The number of rotatable bonds is 7. The van der Waals surface area contributed by atoms with Crippen molar-refractivity contribution in [1.29, 1.82) is 0 Å². The molecule has 3 atom stereocenters. The highest BCUT2D eigenvalue weighted by molar-refractivity contribution is 6.01. The van der Waals surface area contributed by atoms with Gasteiger partial charge in [-0.1, -0.05) is 6.07 Å². The number of ether oxygens (including phenoxy) is 1. The van der Waals surface area contributed by atoms with Crippen molar-refractivity contribution in [1.82, 2.24) is 24.0 Å². The van der Waals surface area contributed by atoms with Crippen LogP contribution in [0.4, 0.5) is 0 Å². The highest BCUT2D eigenvalue weighted by Gasteiger charge is 2.47. The summed E-state index contributed by atoms with van der Waals surface area (Å²) in [4.78, 5) is 37.4. The van der Waals surface area contributed by atoms with Gasteiger partial charge in [-0.3, -0.25) is 9.59 Å². The monoisotopic (exact) mass is 605 g/mol. The van der Waals surface area contributed by atoms with E-state index in [0.29, 0.717) is 46.5 Å². The molecular formula is C34H35N7O4. The number of imidazole rings is 1. The van der Waals surface area contributed by atoms with E-state index < -0.39 is 5.91 Å². The maximum absolute atomic E-state index is 13.7. The molecule has 0 spiro atoms. The first kappa shape index (κ1) is 27.6. The summed E-state index contributed by atoms with van der Waals surface area (Å²) >= 11 is 0. The Morgan fingerprint density at radius 1 is 1.04 bits per heavy atom. The normalized spacial score (nSPS) is 20.9. The first-order valence-electron chi connectivity index (χ1n) is 15.5. The van der Waals surface area contributed by atoms with Crippen molar-refractivity contribution < 1.29 is 19.4 Å². The number of phenols is 1. The lowest BCUT2D eigenvalue weighted by atomic mass is 10.1. The number of nitrogens with zero attached hydrogens (tertiary/aromatic N) is 5. The van der Waals surface area contributed by atoms with E-state index >= 15 is 0 Å². The summed E-state index contributed by atoms with van der Waals surface area (Å²) < 4.78 is 10.1. The number of fused-ring (bicyclic) bond motifs is 4. The standard InChI is InChI=1S/C34H35N7O4/c1-39-30-24(11-21(14-28(30)45-2)34(44)41-16-20-7-10-25(41)29(20)35)38-33(39)26-12-19-6-9-23(37-32(19)40(26)15-17-3-4-17)18-5-8-22(31(36)43)27(42)13-18/h5-6,8-9,11-14,17,20,25,29,42H,3-4,7,10,15-16,35H2,1-2H3,(H2,36,43)/t20?,25?,29-/m1/s1. The van der Waals surface area contributed by atoms with Crippen molar-refractivity contribution in [3.8, 4) is 34.3 Å². The maximum Gasteiger partial charge on any atom is 0.254 e. The van der Waals surface area contributed by atoms with Gasteiger partial charge in [0.05, 0.1) is 29.6 Å². The van der Waals surface area contributed by atoms with Gasteiger partial charge in [0.1, 0.15) is 22.7 Å². The number of aryl methyl sites for hydroxylation is 1. The third kappa shape index (κ3) is 4.36. The Labute approximate surface area is 259 Å². The molecule has 3 fully saturated rings. The summed E-state index contributed by atoms with van der Waals surface area (Å²) in [7, 11) is 3.58. The fraction of sp³-hybridized carbons (Fsp3) is 0.353. The smallest absolute Gasteiger partial charge is 0.254 e. The van der Waals surface area contributed by atoms with Crippen LogP contribution in [0, 0.1) is 11.8 Å². The van der Waals surface area contributed by atoms with E-state index in [9.17, 15) is 14.7 Å². The molecule has 8 rings (SSSR count). The molecule has 1 saturated heterocycles. The minimum Gasteiger partial charge on any atom is -0.507 e. The second kappa shape index (κ2) is 10.1. The highest BCUT2D eigenvalue weighted by Crippen LogP contribution is 2.40. The summed E-state index contributed by atoms with van der Waals surface area (Å²) in [5.74, 6) is 1.37. The van der Waals surface area contributed by atoms with Crippen LogP contribution in [0.2, 0.25) is 0 Å². The molecule has 0 radical (unpaired) electrons. The van der Waals surface area contributed by atoms with Crippen molar-refractivity contribution in [2.45, 2.75) is 44.3 Å². The lowest BCUT2D eigenvalue weighted by molar-refractivity contribution is 0.0700. The number of nitrogens with two attached hydrogens (primary N) is 2. The van der Waals surface area contributed by atoms with Gasteiger partial charge in [0.25, 0.3) is 11.8 Å². The van der Waals surface area contributed by atoms with Crippen molar-refractivity contribution in [3.63, 3.8) is 0 Å². The molecule has 2 unspecified atom stereocenters. The third-order valence-electron chi connectivity index (χ3n) is 9.99.